The fraction of sp³-hybridized carbons (Fsp3) is 0.364. The van der Waals surface area contributed by atoms with Crippen LogP contribution in [0.5, 0.6) is 0 Å². The molecule has 6 aliphatic carbocycles. The van der Waals surface area contributed by atoms with Crippen molar-refractivity contribution in [2.75, 3.05) is 0 Å². The highest BCUT2D eigenvalue weighted by molar-refractivity contribution is 6.11. The molecule has 0 spiro atoms. The Kier molecular flexibility index (Phi) is 4.95. The lowest BCUT2D eigenvalue weighted by atomic mass is 9.70. The van der Waals surface area contributed by atoms with E-state index >= 15 is 0 Å². The van der Waals surface area contributed by atoms with Crippen molar-refractivity contribution in [1.29, 1.82) is 0 Å². The van der Waals surface area contributed by atoms with Crippen molar-refractivity contribution >= 4 is 22.3 Å². The Morgan fingerprint density at radius 1 is 0.364 bits per heavy atom. The molecule has 0 amide bonds. The van der Waals surface area contributed by atoms with E-state index in [9.17, 15) is 0 Å². The minimum Gasteiger partial charge on any atom is -0.0619 e. The molecular formula is C44H44. The van der Waals surface area contributed by atoms with Crippen LogP contribution in [0.1, 0.15) is 122 Å². The van der Waals surface area contributed by atoms with Crippen molar-refractivity contribution < 1.29 is 0 Å². The molecule has 6 aliphatic rings. The smallest absolute Gasteiger partial charge is 0.0164 e. The molecule has 4 aromatic rings. The summed E-state index contributed by atoms with van der Waals surface area (Å²) in [6.45, 7) is 19.9. The molecule has 10 rings (SSSR count). The molecule has 0 heteroatoms. The number of aryl methyl sites for hydroxylation is 4. The maximum Gasteiger partial charge on any atom is 0.0164 e. The van der Waals surface area contributed by atoms with Gasteiger partial charge in [-0.25, -0.2) is 0 Å². The number of rotatable bonds is 0. The zero-order valence-corrected chi connectivity index (χ0v) is 27.8. The average Bonchev–Trinajstić information content (AvgIpc) is 3.58. The van der Waals surface area contributed by atoms with Crippen molar-refractivity contribution in [2.24, 2.45) is 0 Å². The van der Waals surface area contributed by atoms with Gasteiger partial charge in [0.05, 0.1) is 0 Å². The Hall–Kier alpha value is -3.64. The summed E-state index contributed by atoms with van der Waals surface area (Å²) >= 11 is 0. The van der Waals surface area contributed by atoms with Crippen LogP contribution in [0.15, 0.2) is 72.8 Å². The maximum absolute atomic E-state index is 2.51. The van der Waals surface area contributed by atoms with Gasteiger partial charge in [-0.1, -0.05) is 128 Å². The second-order valence-electron chi connectivity index (χ2n) is 16.4. The molecule has 0 unspecified atom stereocenters. The van der Waals surface area contributed by atoms with E-state index in [1.165, 1.54) is 22.3 Å². The van der Waals surface area contributed by atoms with Crippen LogP contribution in [0.2, 0.25) is 0 Å². The monoisotopic (exact) mass is 572 g/mol. The second-order valence-corrected chi connectivity index (χ2v) is 16.4. The molecule has 0 heterocycles. The van der Waals surface area contributed by atoms with Gasteiger partial charge in [-0.2, -0.15) is 0 Å². The third-order valence-electron chi connectivity index (χ3n) is 12.6. The summed E-state index contributed by atoms with van der Waals surface area (Å²) < 4.78 is 0. The van der Waals surface area contributed by atoms with Gasteiger partial charge in [-0.3, -0.25) is 0 Å². The number of hydrogen-bond donors (Lipinski definition) is 0. The van der Waals surface area contributed by atoms with Crippen molar-refractivity contribution in [3.63, 3.8) is 0 Å². The lowest BCUT2D eigenvalue weighted by Gasteiger charge is -2.33. The Labute approximate surface area is 263 Å². The predicted octanol–water partition coefficient (Wildman–Crippen LogP) is 10.6. The largest absolute Gasteiger partial charge is 0.0619 e. The molecule has 0 atom stereocenters. The van der Waals surface area contributed by atoms with E-state index in [2.05, 4.69) is 128 Å². The summed E-state index contributed by atoms with van der Waals surface area (Å²) in [6, 6.07) is 28.5. The normalized spacial score (nSPS) is 21.8. The summed E-state index contributed by atoms with van der Waals surface area (Å²) in [5.74, 6) is 0. The lowest BCUT2D eigenvalue weighted by Crippen LogP contribution is -2.24. The molecule has 0 saturated carbocycles. The van der Waals surface area contributed by atoms with Crippen LogP contribution < -0.4 is 0 Å². The topological polar surface area (TPSA) is 0 Å². The summed E-state index contributed by atoms with van der Waals surface area (Å²) in [5.41, 5.74) is 24.9. The molecule has 0 aliphatic heterocycles. The zero-order chi connectivity index (χ0) is 30.6. The first-order valence-corrected chi connectivity index (χ1v) is 16.9. The van der Waals surface area contributed by atoms with Crippen molar-refractivity contribution in [2.45, 2.75) is 103 Å². The molecule has 4 aromatic carbocycles. The quantitative estimate of drug-likeness (QED) is 0.197. The van der Waals surface area contributed by atoms with Gasteiger partial charge in [-0.05, 0) is 115 Å². The molecule has 0 saturated heterocycles. The first-order valence-electron chi connectivity index (χ1n) is 16.9. The molecular weight excluding hydrogens is 528 g/mol. The van der Waals surface area contributed by atoms with E-state index in [0.717, 1.165) is 25.7 Å². The summed E-state index contributed by atoms with van der Waals surface area (Å²) in [6.07, 6.45) is 4.32. The van der Waals surface area contributed by atoms with E-state index < -0.39 is 0 Å². The van der Waals surface area contributed by atoms with E-state index in [1.54, 1.807) is 66.8 Å². The number of allylic oxidation sites excluding steroid dienone is 4. The maximum atomic E-state index is 2.51. The average molecular weight is 573 g/mol. The first-order chi connectivity index (χ1) is 20.9. The standard InChI is InChI=1S/C44H44/c1-41(2)31-15-11-9-13-29(31)37-39(41)33-25-17-21-27(35(33)43(37,5)6)24-20-26-18-22-28(23-19-25)36-34(26)40-38(44(36,7)8)30-14-10-12-16-32(30)42(40,3)4/h9-18,21-22H,19-20,23-24H2,1-8H3. The fourth-order valence-corrected chi connectivity index (χ4v) is 10.8. The van der Waals surface area contributed by atoms with E-state index in [-0.39, 0.29) is 21.7 Å². The van der Waals surface area contributed by atoms with Crippen molar-refractivity contribution in [3.8, 4) is 0 Å². The van der Waals surface area contributed by atoms with Gasteiger partial charge in [0.25, 0.3) is 0 Å². The highest BCUT2D eigenvalue weighted by Crippen LogP contribution is 2.66. The molecule has 0 N–H and O–H groups in total. The zero-order valence-electron chi connectivity index (χ0n) is 27.8. The highest BCUT2D eigenvalue weighted by atomic mass is 14.6. The highest BCUT2D eigenvalue weighted by Gasteiger charge is 2.53. The molecule has 220 valence electrons. The molecule has 0 fully saturated rings. The number of benzene rings is 4. The molecule has 0 radical (unpaired) electrons. The molecule has 44 heavy (non-hydrogen) atoms. The SMILES string of the molecule is CC1(C)C2=C(c3ccccc31)C(C)(C)c1c3ccc(c12)CCc1ccc(c2c1C(C)(C)C1=C2C(C)(C)c2ccccc21)CC3. The van der Waals surface area contributed by atoms with Gasteiger partial charge < -0.3 is 0 Å². The lowest BCUT2D eigenvalue weighted by molar-refractivity contribution is 0.672. The Morgan fingerprint density at radius 3 is 1.11 bits per heavy atom. The second kappa shape index (κ2) is 8.14. The van der Waals surface area contributed by atoms with E-state index in [1.807, 2.05) is 0 Å². The fourth-order valence-electron chi connectivity index (χ4n) is 10.8. The molecule has 0 nitrogen and oxygen atoms in total. The predicted molar refractivity (Wildman–Crippen MR) is 186 cm³/mol. The van der Waals surface area contributed by atoms with E-state index in [4.69, 9.17) is 0 Å². The first kappa shape index (κ1) is 26.7. The van der Waals surface area contributed by atoms with Crippen LogP contribution in [-0.2, 0) is 47.3 Å². The Bertz CT molecular complexity index is 1900. The summed E-state index contributed by atoms with van der Waals surface area (Å²) in [5, 5.41) is 0. The molecule has 0 aromatic heterocycles. The third kappa shape index (κ3) is 2.97. The van der Waals surface area contributed by atoms with Gasteiger partial charge in [0.1, 0.15) is 0 Å². The minimum absolute atomic E-state index is 0.00648. The van der Waals surface area contributed by atoms with Gasteiger partial charge >= 0.3 is 0 Å². The number of fused-ring (bicyclic) bond motifs is 9. The Morgan fingerprint density at radius 2 is 0.705 bits per heavy atom. The van der Waals surface area contributed by atoms with Crippen LogP contribution in [-0.4, -0.2) is 0 Å². The number of hydrogen-bond acceptors (Lipinski definition) is 0. The minimum atomic E-state index is -0.0127. The van der Waals surface area contributed by atoms with Crippen LogP contribution in [0.25, 0.3) is 22.3 Å². The van der Waals surface area contributed by atoms with Gasteiger partial charge in [0.2, 0.25) is 0 Å². The van der Waals surface area contributed by atoms with Crippen LogP contribution in [0.4, 0.5) is 0 Å². The molecule has 4 bridgehead atoms. The van der Waals surface area contributed by atoms with Crippen molar-refractivity contribution in [3.05, 3.63) is 140 Å². The Balaban J connectivity index is 1.25. The summed E-state index contributed by atoms with van der Waals surface area (Å²) in [4.78, 5) is 0. The van der Waals surface area contributed by atoms with Gasteiger partial charge in [0, 0.05) is 21.7 Å². The third-order valence-corrected chi connectivity index (χ3v) is 12.6. The van der Waals surface area contributed by atoms with E-state index in [0.29, 0.717) is 0 Å². The van der Waals surface area contributed by atoms with Crippen molar-refractivity contribution in [1.82, 2.24) is 0 Å². The van der Waals surface area contributed by atoms with Crippen LogP contribution in [0.3, 0.4) is 0 Å². The van der Waals surface area contributed by atoms with Crippen LogP contribution >= 0.6 is 0 Å². The summed E-state index contributed by atoms with van der Waals surface area (Å²) in [7, 11) is 0. The van der Waals surface area contributed by atoms with Gasteiger partial charge in [-0.15, -0.1) is 0 Å². The van der Waals surface area contributed by atoms with Gasteiger partial charge in [0.15, 0.2) is 0 Å². The van der Waals surface area contributed by atoms with Crippen LogP contribution in [0, 0.1) is 0 Å².